The Balaban J connectivity index is 1.99. The number of pyridine rings is 1. The average Bonchev–Trinajstić information content (AvgIpc) is 2.86. The molecular formula is C26H31N3O4S. The van der Waals surface area contributed by atoms with Gasteiger partial charge in [0.1, 0.15) is 12.3 Å². The molecule has 34 heavy (non-hydrogen) atoms. The first-order chi connectivity index (χ1) is 16.3. The standard InChI is InChI=1S/C26H31N3O4S/c1-5-28(18-21-11-7-6-8-12-21)26(30)19-29(23-13-9-10-14-24(23)33-4)34(31,32)25-16-15-22(17-27-25)20(2)3/h6-17,20H,5,18-19H2,1-4H3. The first-order valence-electron chi connectivity index (χ1n) is 11.2. The number of ether oxygens (including phenoxy) is 1. The molecule has 0 saturated heterocycles. The molecule has 8 heteroatoms. The summed E-state index contributed by atoms with van der Waals surface area (Å²) < 4.78 is 34.0. The Morgan fingerprint density at radius 2 is 1.68 bits per heavy atom. The van der Waals surface area contributed by atoms with Gasteiger partial charge in [0, 0.05) is 19.3 Å². The first-order valence-corrected chi connectivity index (χ1v) is 12.6. The molecule has 0 aliphatic rings. The van der Waals surface area contributed by atoms with Gasteiger partial charge < -0.3 is 9.64 Å². The maximum Gasteiger partial charge on any atom is 0.282 e. The van der Waals surface area contributed by atoms with Gasteiger partial charge in [-0.2, -0.15) is 8.42 Å². The quantitative estimate of drug-likeness (QED) is 0.427. The Morgan fingerprint density at radius 1 is 1.00 bits per heavy atom. The minimum atomic E-state index is -4.14. The number of para-hydroxylation sites is 2. The molecule has 1 heterocycles. The van der Waals surface area contributed by atoms with E-state index in [0.717, 1.165) is 15.4 Å². The fourth-order valence-electron chi connectivity index (χ4n) is 3.54. The van der Waals surface area contributed by atoms with Crippen LogP contribution in [0, 0.1) is 0 Å². The lowest BCUT2D eigenvalue weighted by Gasteiger charge is -2.28. The highest BCUT2D eigenvalue weighted by molar-refractivity contribution is 7.92. The van der Waals surface area contributed by atoms with Gasteiger partial charge in [0.25, 0.3) is 10.0 Å². The van der Waals surface area contributed by atoms with Gasteiger partial charge in [-0.25, -0.2) is 4.98 Å². The number of methoxy groups -OCH3 is 1. The summed E-state index contributed by atoms with van der Waals surface area (Å²) in [6, 6.07) is 19.6. The summed E-state index contributed by atoms with van der Waals surface area (Å²) >= 11 is 0. The van der Waals surface area contributed by atoms with Crippen LogP contribution in [0.2, 0.25) is 0 Å². The molecule has 0 N–H and O–H groups in total. The highest BCUT2D eigenvalue weighted by atomic mass is 32.2. The predicted octanol–water partition coefficient (Wildman–Crippen LogP) is 4.46. The zero-order valence-electron chi connectivity index (χ0n) is 20.0. The third-order valence-corrected chi connectivity index (χ3v) is 7.24. The smallest absolute Gasteiger partial charge is 0.282 e. The van der Waals surface area contributed by atoms with Gasteiger partial charge in [0.15, 0.2) is 5.03 Å². The van der Waals surface area contributed by atoms with Gasteiger partial charge in [-0.05, 0) is 42.2 Å². The van der Waals surface area contributed by atoms with Gasteiger partial charge in [0.05, 0.1) is 12.8 Å². The average molecular weight is 482 g/mol. The Labute approximate surface area is 202 Å². The lowest BCUT2D eigenvalue weighted by Crippen LogP contribution is -2.43. The molecule has 0 saturated carbocycles. The van der Waals surface area contributed by atoms with E-state index in [1.807, 2.05) is 51.1 Å². The van der Waals surface area contributed by atoms with Gasteiger partial charge in [0.2, 0.25) is 5.91 Å². The maximum absolute atomic E-state index is 13.7. The van der Waals surface area contributed by atoms with Crippen molar-refractivity contribution in [2.24, 2.45) is 0 Å². The van der Waals surface area contributed by atoms with Crippen LogP contribution in [0.3, 0.4) is 0 Å². The molecule has 0 radical (unpaired) electrons. The van der Waals surface area contributed by atoms with Crippen LogP contribution in [0.5, 0.6) is 5.75 Å². The van der Waals surface area contributed by atoms with Crippen molar-refractivity contribution >= 4 is 21.6 Å². The second-order valence-electron chi connectivity index (χ2n) is 8.16. The summed E-state index contributed by atoms with van der Waals surface area (Å²) in [5.74, 6) is 0.246. The molecule has 0 atom stereocenters. The second-order valence-corrected chi connectivity index (χ2v) is 9.97. The number of rotatable bonds is 10. The Bertz CT molecular complexity index is 1200. The molecule has 0 bridgehead atoms. The second kappa shape index (κ2) is 11.2. The first kappa shape index (κ1) is 25.2. The minimum Gasteiger partial charge on any atom is -0.495 e. The van der Waals surface area contributed by atoms with Crippen molar-refractivity contribution in [1.29, 1.82) is 0 Å². The molecule has 0 spiro atoms. The van der Waals surface area contributed by atoms with Crippen LogP contribution in [0.4, 0.5) is 5.69 Å². The molecule has 7 nitrogen and oxygen atoms in total. The van der Waals surface area contributed by atoms with E-state index in [-0.39, 0.29) is 29.1 Å². The predicted molar refractivity (Wildman–Crippen MR) is 133 cm³/mol. The van der Waals surface area contributed by atoms with Crippen LogP contribution >= 0.6 is 0 Å². The molecule has 1 amide bonds. The molecule has 0 unspecified atom stereocenters. The van der Waals surface area contributed by atoms with Crippen LogP contribution in [-0.4, -0.2) is 44.4 Å². The molecule has 3 aromatic rings. The monoisotopic (exact) mass is 481 g/mol. The Hall–Kier alpha value is -3.39. The highest BCUT2D eigenvalue weighted by Crippen LogP contribution is 2.32. The van der Waals surface area contributed by atoms with Gasteiger partial charge in [-0.15, -0.1) is 0 Å². The van der Waals surface area contributed by atoms with Gasteiger partial charge in [-0.3, -0.25) is 9.10 Å². The fraction of sp³-hybridized carbons (Fsp3) is 0.308. The highest BCUT2D eigenvalue weighted by Gasteiger charge is 2.31. The number of hydrogen-bond donors (Lipinski definition) is 0. The number of aromatic nitrogens is 1. The molecule has 180 valence electrons. The maximum atomic E-state index is 13.7. The number of carbonyl (C=O) groups is 1. The Kier molecular flexibility index (Phi) is 8.28. The van der Waals surface area contributed by atoms with Crippen LogP contribution in [0.1, 0.15) is 37.8 Å². The van der Waals surface area contributed by atoms with Crippen molar-refractivity contribution in [3.8, 4) is 5.75 Å². The SMILES string of the molecule is CCN(Cc1ccccc1)C(=O)CN(c1ccccc1OC)S(=O)(=O)c1ccc(C(C)C)cn1. The fourth-order valence-corrected chi connectivity index (χ4v) is 4.88. The number of nitrogens with zero attached hydrogens (tertiary/aromatic N) is 3. The summed E-state index contributed by atoms with van der Waals surface area (Å²) in [5, 5.41) is -0.123. The lowest BCUT2D eigenvalue weighted by atomic mass is 10.1. The van der Waals surface area contributed by atoms with Gasteiger partial charge >= 0.3 is 0 Å². The normalized spacial score (nSPS) is 11.3. The summed E-state index contributed by atoms with van der Waals surface area (Å²) in [5.41, 5.74) is 2.18. The molecule has 3 rings (SSSR count). The topological polar surface area (TPSA) is 79.8 Å². The summed E-state index contributed by atoms with van der Waals surface area (Å²) in [7, 11) is -2.68. The van der Waals surface area contributed by atoms with Crippen LogP contribution < -0.4 is 9.04 Å². The van der Waals surface area contributed by atoms with E-state index < -0.39 is 10.0 Å². The van der Waals surface area contributed by atoms with E-state index in [2.05, 4.69) is 4.98 Å². The summed E-state index contributed by atoms with van der Waals surface area (Å²) in [6.45, 7) is 6.34. The minimum absolute atomic E-state index is 0.123. The van der Waals surface area contributed by atoms with E-state index in [4.69, 9.17) is 4.74 Å². The number of likely N-dealkylation sites (N-methyl/N-ethyl adjacent to an activating group) is 1. The molecule has 1 aromatic heterocycles. The van der Waals surface area contributed by atoms with Crippen molar-refractivity contribution in [1.82, 2.24) is 9.88 Å². The zero-order chi connectivity index (χ0) is 24.7. The number of amides is 1. The van der Waals surface area contributed by atoms with E-state index in [0.29, 0.717) is 18.8 Å². The molecule has 0 aliphatic heterocycles. The van der Waals surface area contributed by atoms with Crippen molar-refractivity contribution < 1.29 is 17.9 Å². The lowest BCUT2D eigenvalue weighted by molar-refractivity contribution is -0.129. The van der Waals surface area contributed by atoms with Crippen molar-refractivity contribution in [3.63, 3.8) is 0 Å². The van der Waals surface area contributed by atoms with E-state index in [1.54, 1.807) is 41.4 Å². The van der Waals surface area contributed by atoms with Crippen LogP contribution in [0.15, 0.2) is 78.0 Å². The molecular weight excluding hydrogens is 450 g/mol. The molecule has 0 aliphatic carbocycles. The molecule has 0 fully saturated rings. The zero-order valence-corrected chi connectivity index (χ0v) is 20.8. The van der Waals surface area contributed by atoms with E-state index in [9.17, 15) is 13.2 Å². The summed E-state index contributed by atoms with van der Waals surface area (Å²) in [4.78, 5) is 19.2. The largest absolute Gasteiger partial charge is 0.495 e. The number of benzene rings is 2. The third kappa shape index (κ3) is 5.75. The summed E-state index contributed by atoms with van der Waals surface area (Å²) in [6.07, 6.45) is 1.56. The van der Waals surface area contributed by atoms with Crippen LogP contribution in [-0.2, 0) is 21.4 Å². The van der Waals surface area contributed by atoms with E-state index in [1.165, 1.54) is 13.2 Å². The van der Waals surface area contributed by atoms with E-state index >= 15 is 0 Å². The van der Waals surface area contributed by atoms with Crippen LogP contribution in [0.25, 0.3) is 0 Å². The molecule has 2 aromatic carbocycles. The number of anilines is 1. The van der Waals surface area contributed by atoms with Crippen molar-refractivity contribution in [2.45, 2.75) is 38.3 Å². The number of sulfonamides is 1. The van der Waals surface area contributed by atoms with Crippen molar-refractivity contribution in [2.75, 3.05) is 24.5 Å². The van der Waals surface area contributed by atoms with Crippen molar-refractivity contribution in [3.05, 3.63) is 84.1 Å². The third-order valence-electron chi connectivity index (χ3n) is 5.56. The number of carbonyl (C=O) groups excluding carboxylic acids is 1. The Morgan fingerprint density at radius 3 is 2.26 bits per heavy atom. The van der Waals surface area contributed by atoms with Gasteiger partial charge in [-0.1, -0.05) is 62.4 Å². The number of hydrogen-bond acceptors (Lipinski definition) is 5.